The SMILES string of the molecule is C=NC[C@]1(COP(=O)(O)OC[C@@H](CCCCCCCCCCCCCCCCCCC)OCc2cc(Cl)cc(C#N)c2)O[C@@H](c2ccc3c(N)ncnn23)[C@H](O)[C@@H]1O. The average molecular weight is 847 g/mol. The van der Waals surface area contributed by atoms with Gasteiger partial charge < -0.3 is 30.3 Å². The summed E-state index contributed by atoms with van der Waals surface area (Å²) in [6, 6.07) is 10.3. The maximum Gasteiger partial charge on any atom is 0.472 e. The van der Waals surface area contributed by atoms with Gasteiger partial charge in [0.15, 0.2) is 5.82 Å². The number of aromatic nitrogens is 3. The van der Waals surface area contributed by atoms with Crippen molar-refractivity contribution in [3.05, 3.63) is 58.5 Å². The van der Waals surface area contributed by atoms with E-state index in [0.29, 0.717) is 33.8 Å². The molecule has 0 aliphatic carbocycles. The first-order valence-corrected chi connectivity index (χ1v) is 22.9. The van der Waals surface area contributed by atoms with Crippen LogP contribution in [0.15, 0.2) is 41.7 Å². The van der Waals surface area contributed by atoms with E-state index < -0.39 is 44.4 Å². The number of nitrogen functional groups attached to an aromatic ring is 1. The number of anilines is 1. The third kappa shape index (κ3) is 14.9. The molecule has 322 valence electrons. The number of nitrogens with two attached hydrogens (primary N) is 1. The van der Waals surface area contributed by atoms with Crippen LogP contribution in [0, 0.1) is 11.3 Å². The molecule has 3 heterocycles. The highest BCUT2D eigenvalue weighted by atomic mass is 35.5. The fourth-order valence-electron chi connectivity index (χ4n) is 7.51. The second-order valence-corrected chi connectivity index (χ2v) is 17.4. The van der Waals surface area contributed by atoms with Crippen LogP contribution in [0.4, 0.5) is 5.82 Å². The predicted molar refractivity (Wildman–Crippen MR) is 226 cm³/mol. The van der Waals surface area contributed by atoms with E-state index in [-0.39, 0.29) is 25.6 Å². The molecule has 0 spiro atoms. The zero-order valence-corrected chi connectivity index (χ0v) is 35.7. The van der Waals surface area contributed by atoms with E-state index >= 15 is 0 Å². The van der Waals surface area contributed by atoms with Crippen molar-refractivity contribution < 1.29 is 38.2 Å². The van der Waals surface area contributed by atoms with E-state index in [9.17, 15) is 24.9 Å². The van der Waals surface area contributed by atoms with Crippen molar-refractivity contribution in [3.63, 3.8) is 0 Å². The maximum absolute atomic E-state index is 13.3. The van der Waals surface area contributed by atoms with E-state index in [4.69, 9.17) is 35.9 Å². The molecule has 14 nitrogen and oxygen atoms in total. The lowest BCUT2D eigenvalue weighted by molar-refractivity contribution is -0.106. The highest BCUT2D eigenvalue weighted by molar-refractivity contribution is 7.47. The van der Waals surface area contributed by atoms with Crippen LogP contribution in [0.2, 0.25) is 5.02 Å². The van der Waals surface area contributed by atoms with E-state index in [1.807, 2.05) is 0 Å². The van der Waals surface area contributed by atoms with Gasteiger partial charge >= 0.3 is 7.82 Å². The summed E-state index contributed by atoms with van der Waals surface area (Å²) in [5, 5.41) is 36.2. The van der Waals surface area contributed by atoms with Crippen LogP contribution in [0.5, 0.6) is 0 Å². The van der Waals surface area contributed by atoms with Gasteiger partial charge in [-0.25, -0.2) is 14.1 Å². The molecule has 1 fully saturated rings. The van der Waals surface area contributed by atoms with Crippen LogP contribution >= 0.6 is 19.4 Å². The number of nitrogens with zero attached hydrogens (tertiary/aromatic N) is 5. The first-order chi connectivity index (χ1) is 28.0. The van der Waals surface area contributed by atoms with Gasteiger partial charge in [-0.1, -0.05) is 128 Å². The van der Waals surface area contributed by atoms with Gasteiger partial charge in [-0.3, -0.25) is 14.0 Å². The highest BCUT2D eigenvalue weighted by Crippen LogP contribution is 2.48. The molecule has 1 saturated heterocycles. The van der Waals surface area contributed by atoms with E-state index in [1.165, 1.54) is 94.3 Å². The summed E-state index contributed by atoms with van der Waals surface area (Å²) in [6.45, 7) is 4.68. The molecule has 0 saturated carbocycles. The number of nitriles is 1. The average Bonchev–Trinajstić information content (AvgIpc) is 3.74. The normalized spacial score (nSPS) is 20.9. The number of fused-ring (bicyclic) bond motifs is 1. The minimum absolute atomic E-state index is 0.108. The number of rotatable bonds is 30. The molecule has 0 amide bonds. The molecule has 1 aliphatic rings. The lowest BCUT2D eigenvalue weighted by Crippen LogP contribution is -2.49. The van der Waals surface area contributed by atoms with Gasteiger partial charge in [0.05, 0.1) is 49.8 Å². The number of halogens is 1. The Balaban J connectivity index is 1.24. The number of aliphatic hydroxyl groups excluding tert-OH is 2. The largest absolute Gasteiger partial charge is 0.472 e. The number of aliphatic imine (C=N–C) groups is 1. The Labute approximate surface area is 348 Å². The van der Waals surface area contributed by atoms with Crippen LogP contribution < -0.4 is 5.73 Å². The zero-order chi connectivity index (χ0) is 41.8. The fraction of sp³-hybridized carbons (Fsp3) is 0.667. The van der Waals surface area contributed by atoms with Gasteiger partial charge in [0.25, 0.3) is 0 Å². The molecule has 16 heteroatoms. The Bertz CT molecular complexity index is 1780. The Kier molecular flexibility index (Phi) is 20.5. The molecule has 58 heavy (non-hydrogen) atoms. The maximum atomic E-state index is 13.3. The molecular formula is C42H64ClN6O8P. The second-order valence-electron chi connectivity index (χ2n) is 15.5. The molecule has 1 aromatic carbocycles. The molecular weight excluding hydrogens is 783 g/mol. The summed E-state index contributed by atoms with van der Waals surface area (Å²) in [7, 11) is -4.75. The zero-order valence-electron chi connectivity index (χ0n) is 34.1. The quantitative estimate of drug-likeness (QED) is 0.0282. The lowest BCUT2D eigenvalue weighted by Gasteiger charge is -2.30. The van der Waals surface area contributed by atoms with Crippen LogP contribution in [0.25, 0.3) is 5.52 Å². The van der Waals surface area contributed by atoms with Gasteiger partial charge in [0.2, 0.25) is 0 Å². The standard InChI is InChI=1S/C42H64ClN6O8P/c1-3-4-5-6-7-8-9-10-11-12-13-14-15-16-17-18-19-20-35(54-27-33-23-32(26-44)24-34(43)25-33)28-55-58(52,53)56-30-42(29-46-2)40(51)38(50)39(57-42)36-21-22-37-41(45)47-31-48-49(36)37/h21-25,31,35,38-40,50-51H,2-20,27-30H2,1H3,(H,52,53)(H2,45,47,48)/t35-,38+,39+,40+,42-/m1/s1. The van der Waals surface area contributed by atoms with Crippen molar-refractivity contribution in [2.75, 3.05) is 25.5 Å². The molecule has 0 bridgehead atoms. The molecule has 1 aliphatic heterocycles. The fourth-order valence-corrected chi connectivity index (χ4v) is 8.58. The van der Waals surface area contributed by atoms with Crippen molar-refractivity contribution in [1.29, 1.82) is 5.26 Å². The van der Waals surface area contributed by atoms with Crippen molar-refractivity contribution in [2.45, 2.75) is 159 Å². The third-order valence-corrected chi connectivity index (χ3v) is 12.0. The monoisotopic (exact) mass is 846 g/mol. The van der Waals surface area contributed by atoms with Crippen LogP contribution in [0.1, 0.15) is 145 Å². The molecule has 5 N–H and O–H groups in total. The van der Waals surface area contributed by atoms with Crippen molar-refractivity contribution in [2.24, 2.45) is 4.99 Å². The molecule has 3 aromatic rings. The summed E-state index contributed by atoms with van der Waals surface area (Å²) in [6.07, 6.45) is 18.4. The van der Waals surface area contributed by atoms with E-state index in [1.54, 1.807) is 30.3 Å². The number of hydrogen-bond acceptors (Lipinski definition) is 12. The smallest absolute Gasteiger partial charge is 0.387 e. The number of unbranched alkanes of at least 4 members (excludes halogenated alkanes) is 16. The van der Waals surface area contributed by atoms with Crippen LogP contribution in [-0.2, 0) is 29.7 Å². The number of ether oxygens (including phenoxy) is 2. The van der Waals surface area contributed by atoms with Gasteiger partial charge in [0, 0.05) is 5.02 Å². The molecule has 1 unspecified atom stereocenters. The van der Waals surface area contributed by atoms with Gasteiger partial charge in [-0.05, 0) is 49.0 Å². The van der Waals surface area contributed by atoms with Crippen molar-refractivity contribution in [1.82, 2.24) is 14.6 Å². The van der Waals surface area contributed by atoms with Gasteiger partial charge in [0.1, 0.15) is 35.8 Å². The van der Waals surface area contributed by atoms with Crippen molar-refractivity contribution >= 4 is 37.5 Å². The number of benzene rings is 1. The van der Waals surface area contributed by atoms with E-state index in [2.05, 4.69) is 34.8 Å². The number of phosphoric acid groups is 1. The minimum Gasteiger partial charge on any atom is -0.387 e. The first kappa shape index (κ1) is 47.7. The second kappa shape index (κ2) is 25.0. The number of phosphoric ester groups is 1. The molecule has 4 rings (SSSR count). The number of aliphatic hydroxyl groups is 2. The molecule has 6 atom stereocenters. The molecule has 0 radical (unpaired) electrons. The summed E-state index contributed by atoms with van der Waals surface area (Å²) in [5.74, 6) is 0.210. The predicted octanol–water partition coefficient (Wildman–Crippen LogP) is 8.83. The number of hydrogen-bond donors (Lipinski definition) is 4. The summed E-state index contributed by atoms with van der Waals surface area (Å²) in [5.41, 5.74) is 6.14. The van der Waals surface area contributed by atoms with Crippen molar-refractivity contribution in [3.8, 4) is 6.07 Å². The van der Waals surface area contributed by atoms with Crippen LogP contribution in [0.3, 0.4) is 0 Å². The summed E-state index contributed by atoms with van der Waals surface area (Å²) in [4.78, 5) is 18.6. The minimum atomic E-state index is -4.75. The first-order valence-electron chi connectivity index (χ1n) is 21.0. The lowest BCUT2D eigenvalue weighted by atomic mass is 9.95. The highest BCUT2D eigenvalue weighted by Gasteiger charge is 2.56. The summed E-state index contributed by atoms with van der Waals surface area (Å²) < 4.78 is 37.9. The Hall–Kier alpha value is -2.96. The Morgan fingerprint density at radius 1 is 1.00 bits per heavy atom. The van der Waals surface area contributed by atoms with Gasteiger partial charge in [-0.2, -0.15) is 10.4 Å². The van der Waals surface area contributed by atoms with Gasteiger partial charge in [-0.15, -0.1) is 0 Å². The third-order valence-electron chi connectivity index (χ3n) is 10.8. The van der Waals surface area contributed by atoms with Crippen LogP contribution in [-0.4, -0.2) is 80.1 Å². The Morgan fingerprint density at radius 2 is 1.62 bits per heavy atom. The Morgan fingerprint density at radius 3 is 2.22 bits per heavy atom. The topological polar surface area (TPSA) is 207 Å². The van der Waals surface area contributed by atoms with E-state index in [0.717, 1.165) is 25.7 Å². The summed E-state index contributed by atoms with van der Waals surface area (Å²) >= 11 is 6.21. The molecule has 2 aromatic heterocycles.